The number of benzene rings is 10. The fraction of sp³-hybridized carbons (Fsp3) is 0.293. The van der Waals surface area contributed by atoms with Crippen LogP contribution in [0.1, 0.15) is 191 Å². The third-order valence-corrected chi connectivity index (χ3v) is 20.7. The zero-order valence-corrected chi connectivity index (χ0v) is 61.2. The number of furan rings is 1. The molecule has 10 aromatic carbocycles. The van der Waals surface area contributed by atoms with E-state index in [0.29, 0.717) is 18.5 Å². The van der Waals surface area contributed by atoms with Crippen molar-refractivity contribution in [2.24, 2.45) is 0 Å². The number of anilines is 4. The lowest BCUT2D eigenvalue weighted by Crippen LogP contribution is -2.25. The number of rotatable bonds is 13. The molecule has 0 atom stereocenters. The van der Waals surface area contributed by atoms with Crippen LogP contribution in [-0.2, 0) is 16.2 Å². The first-order valence-corrected chi connectivity index (χ1v) is 35.6. The third-order valence-electron chi connectivity index (χ3n) is 20.7. The highest BCUT2D eigenvalue weighted by Crippen LogP contribution is 2.55. The first kappa shape index (κ1) is 65.6. The Labute approximate surface area is 582 Å². The number of ether oxygens (including phenoxy) is 1. The topological polar surface area (TPSA) is 46.7 Å². The van der Waals surface area contributed by atoms with Gasteiger partial charge in [-0.2, -0.15) is 0 Å². The molecule has 3 aromatic heterocycles. The smallest absolute Gasteiger partial charge is 0.145 e. The summed E-state index contributed by atoms with van der Waals surface area (Å²) < 4.78 is 16.7. The number of para-hydroxylation sites is 1. The van der Waals surface area contributed by atoms with Gasteiger partial charge in [0.15, 0.2) is 0 Å². The molecule has 0 radical (unpaired) electrons. The summed E-state index contributed by atoms with van der Waals surface area (Å²) in [7, 11) is 0. The first-order chi connectivity index (χ1) is 46.6. The summed E-state index contributed by atoms with van der Waals surface area (Å²) in [5.41, 5.74) is 29.5. The van der Waals surface area contributed by atoms with Gasteiger partial charge in [-0.1, -0.05) is 233 Å². The highest BCUT2D eigenvalue weighted by molar-refractivity contribution is 6.24. The molecule has 13 aromatic rings. The maximum Gasteiger partial charge on any atom is 0.145 e. The molecule has 0 saturated heterocycles. The van der Waals surface area contributed by atoms with E-state index in [0.717, 1.165) is 83.7 Å². The zero-order chi connectivity index (χ0) is 69.2. The average Bonchev–Trinajstić information content (AvgIpc) is 1.54. The van der Waals surface area contributed by atoms with Crippen molar-refractivity contribution in [3.8, 4) is 61.8 Å². The van der Waals surface area contributed by atoms with Crippen molar-refractivity contribution in [1.29, 1.82) is 0 Å². The first-order valence-electron chi connectivity index (χ1n) is 35.6. The fourth-order valence-corrected chi connectivity index (χ4v) is 15.5. The molecule has 1 aliphatic heterocycles. The minimum Gasteiger partial charge on any atom is -0.457 e. The van der Waals surface area contributed by atoms with Crippen LogP contribution in [0.3, 0.4) is 0 Å². The summed E-state index contributed by atoms with van der Waals surface area (Å²) in [4.78, 5) is 10.4. The molecule has 0 aliphatic carbocycles. The van der Waals surface area contributed by atoms with Crippen molar-refractivity contribution < 1.29 is 9.15 Å². The number of pyridine rings is 1. The minimum atomic E-state index is -0.104. The van der Waals surface area contributed by atoms with E-state index in [2.05, 4.69) is 334 Å². The zero-order valence-electron chi connectivity index (χ0n) is 61.2. The number of aromatic nitrogens is 2. The Hall–Kier alpha value is -9.65. The van der Waals surface area contributed by atoms with E-state index in [1.807, 2.05) is 12.3 Å². The van der Waals surface area contributed by atoms with Gasteiger partial charge in [-0.15, -0.1) is 0 Å². The van der Waals surface area contributed by atoms with E-state index in [4.69, 9.17) is 14.1 Å². The van der Waals surface area contributed by atoms with Crippen LogP contribution >= 0.6 is 0 Å². The SMILES string of the molecule is Cc1cc(C)c(-c2ccc(C(C)(C)C)cc2)c(N2CN(c3cc(Oc4ccc5c6c7oc8ccccc8c7ccc6n(-c6cc(C(C)(C)C)ccn6)c5c4)cc(-c4c(C(C)C)cccc4C(C)C)c3)c3cc(-c4c(C(C)C)cccc4C(C)C)ccc32)c1-c1ccc(C(C)(C)C)cc1. The molecule has 6 heteroatoms. The minimum absolute atomic E-state index is 0.00576. The number of nitrogens with zero attached hydrogens (tertiary/aromatic N) is 4. The second-order valence-corrected chi connectivity index (χ2v) is 32.1. The molecule has 0 unspecified atom stereocenters. The number of hydrogen-bond acceptors (Lipinski definition) is 5. The monoisotopic (exact) mass is 1290 g/mol. The Morgan fingerprint density at radius 2 is 0.949 bits per heavy atom. The maximum absolute atomic E-state index is 7.58. The van der Waals surface area contributed by atoms with E-state index in [1.54, 1.807) is 0 Å². The fourth-order valence-electron chi connectivity index (χ4n) is 15.5. The van der Waals surface area contributed by atoms with Gasteiger partial charge in [-0.3, -0.25) is 4.57 Å². The van der Waals surface area contributed by atoms with Crippen molar-refractivity contribution >= 4 is 66.5 Å². The van der Waals surface area contributed by atoms with Crippen LogP contribution in [0.5, 0.6) is 11.5 Å². The summed E-state index contributed by atoms with van der Waals surface area (Å²) in [5, 5.41) is 4.29. The predicted octanol–water partition coefficient (Wildman–Crippen LogP) is 26.8. The van der Waals surface area contributed by atoms with Gasteiger partial charge in [0.05, 0.1) is 33.5 Å². The molecule has 6 nitrogen and oxygen atoms in total. The second-order valence-electron chi connectivity index (χ2n) is 32.1. The Bertz CT molecular complexity index is 5110. The van der Waals surface area contributed by atoms with E-state index < -0.39 is 0 Å². The van der Waals surface area contributed by atoms with Gasteiger partial charge in [0.2, 0.25) is 0 Å². The van der Waals surface area contributed by atoms with Gasteiger partial charge in [0.25, 0.3) is 0 Å². The lowest BCUT2D eigenvalue weighted by molar-refractivity contribution is 0.483. The van der Waals surface area contributed by atoms with Gasteiger partial charge < -0.3 is 19.0 Å². The molecule has 0 fully saturated rings. The quantitative estimate of drug-likeness (QED) is 0.115. The Kier molecular flexibility index (Phi) is 16.5. The maximum atomic E-state index is 7.58. The molecule has 1 aliphatic rings. The van der Waals surface area contributed by atoms with Crippen molar-refractivity contribution in [3.63, 3.8) is 0 Å². The highest BCUT2D eigenvalue weighted by atomic mass is 16.5. The van der Waals surface area contributed by atoms with Crippen LogP contribution in [0.4, 0.5) is 22.7 Å². The Morgan fingerprint density at radius 1 is 0.408 bits per heavy atom. The highest BCUT2D eigenvalue weighted by Gasteiger charge is 2.36. The molecule has 0 saturated carbocycles. The summed E-state index contributed by atoms with van der Waals surface area (Å²) in [6.07, 6.45) is 1.95. The standard InChI is InChI=1S/C92H96N4O2/c1-54(2)70-25-22-26-71(55(3)4)85(70)62-34-42-77-80(49-62)94(53-95(77)88-83(60-30-35-64(36-31-60)90(11,12)13)58(9)46-59(10)84(88)61-32-37-65(38-33-61)91(14,15)16)67-47-63(86-72(56(5)6)27-23-28-73(86)57(7)8)48-69(51-67)97-68-39-40-76-79(52-68)96(82-50-66(44-45-93-82)92(17,18)19)78-43-41-75-74-24-20-21-29-81(74)98-89(75)87(76)78/h20-52,54-57H,53H2,1-19H3. The summed E-state index contributed by atoms with van der Waals surface area (Å²) in [5.74, 6) is 3.43. The summed E-state index contributed by atoms with van der Waals surface area (Å²) >= 11 is 0. The second kappa shape index (κ2) is 24.7. The predicted molar refractivity (Wildman–Crippen MR) is 418 cm³/mol. The van der Waals surface area contributed by atoms with Gasteiger partial charge >= 0.3 is 0 Å². The van der Waals surface area contributed by atoms with Gasteiger partial charge in [-0.05, 0) is 204 Å². The molecule has 0 amide bonds. The lowest BCUT2D eigenvalue weighted by atomic mass is 9.83. The summed E-state index contributed by atoms with van der Waals surface area (Å²) in [6, 6.07) is 73.2. The molecule has 0 bridgehead atoms. The Morgan fingerprint density at radius 3 is 1.51 bits per heavy atom. The van der Waals surface area contributed by atoms with Gasteiger partial charge in [0, 0.05) is 51.3 Å². The van der Waals surface area contributed by atoms with E-state index in [-0.39, 0.29) is 28.1 Å². The van der Waals surface area contributed by atoms with Crippen LogP contribution in [0.25, 0.3) is 94.1 Å². The molecular formula is C92H96N4O2. The number of aryl methyl sites for hydroxylation is 2. The van der Waals surface area contributed by atoms with E-state index in [9.17, 15) is 0 Å². The molecule has 4 heterocycles. The Balaban J connectivity index is 1.03. The van der Waals surface area contributed by atoms with Crippen molar-refractivity contribution in [3.05, 3.63) is 250 Å². The molecule has 14 rings (SSSR count). The largest absolute Gasteiger partial charge is 0.457 e. The van der Waals surface area contributed by atoms with Crippen LogP contribution in [-0.4, -0.2) is 16.2 Å². The van der Waals surface area contributed by atoms with Crippen LogP contribution in [0.15, 0.2) is 205 Å². The van der Waals surface area contributed by atoms with Crippen molar-refractivity contribution in [2.75, 3.05) is 16.5 Å². The van der Waals surface area contributed by atoms with Crippen LogP contribution < -0.4 is 14.5 Å². The molecule has 0 spiro atoms. The molecular weight excluding hydrogens is 1190 g/mol. The third kappa shape index (κ3) is 11.7. The normalized spacial score (nSPS) is 13.1. The lowest BCUT2D eigenvalue weighted by Gasteiger charge is -2.30. The number of fused-ring (bicyclic) bond motifs is 8. The molecule has 496 valence electrons. The number of hydrogen-bond donors (Lipinski definition) is 0. The van der Waals surface area contributed by atoms with E-state index in [1.165, 1.54) is 94.7 Å². The van der Waals surface area contributed by atoms with Crippen LogP contribution in [0, 0.1) is 13.8 Å². The summed E-state index contributed by atoms with van der Waals surface area (Å²) in [6.45, 7) is 44.4. The molecule has 98 heavy (non-hydrogen) atoms. The van der Waals surface area contributed by atoms with Gasteiger partial charge in [-0.25, -0.2) is 4.98 Å². The van der Waals surface area contributed by atoms with Gasteiger partial charge in [0.1, 0.15) is 35.2 Å². The van der Waals surface area contributed by atoms with Crippen molar-refractivity contribution in [1.82, 2.24) is 9.55 Å². The van der Waals surface area contributed by atoms with Crippen molar-refractivity contribution in [2.45, 2.75) is 171 Å². The molecule has 0 N–H and O–H groups in total. The average molecular weight is 1290 g/mol. The van der Waals surface area contributed by atoms with E-state index >= 15 is 0 Å². The van der Waals surface area contributed by atoms with Crippen LogP contribution in [0.2, 0.25) is 0 Å².